The summed E-state index contributed by atoms with van der Waals surface area (Å²) in [5.74, 6) is 0.161. The van der Waals surface area contributed by atoms with E-state index in [-0.39, 0.29) is 6.42 Å². The van der Waals surface area contributed by atoms with Crippen molar-refractivity contribution < 1.29 is 33.3 Å². The summed E-state index contributed by atoms with van der Waals surface area (Å²) >= 11 is 0. The first-order valence-electron chi connectivity index (χ1n) is 19.5. The lowest BCUT2D eigenvalue weighted by Gasteiger charge is -2.61. The van der Waals surface area contributed by atoms with Crippen molar-refractivity contribution in [2.45, 2.75) is 102 Å². The molecule has 1 aromatic heterocycles. The Morgan fingerprint density at radius 3 is 2.08 bits per heavy atom. The van der Waals surface area contributed by atoms with Gasteiger partial charge in [-0.3, -0.25) is 9.59 Å². The van der Waals surface area contributed by atoms with E-state index in [0.717, 1.165) is 62.0 Å². The Morgan fingerprint density at radius 2 is 1.46 bits per heavy atom. The van der Waals surface area contributed by atoms with Gasteiger partial charge >= 0.3 is 17.9 Å². The second-order valence-electron chi connectivity index (χ2n) is 16.8. The van der Waals surface area contributed by atoms with Crippen LogP contribution in [-0.4, -0.2) is 51.2 Å². The first-order chi connectivity index (χ1) is 25.2. The summed E-state index contributed by atoms with van der Waals surface area (Å²) in [7, 11) is 0.151. The van der Waals surface area contributed by atoms with Gasteiger partial charge in [-0.1, -0.05) is 78.4 Å². The number of carbonyl (C=O) groups is 3. The van der Waals surface area contributed by atoms with Crippen LogP contribution in [-0.2, 0) is 28.6 Å². The molecular formula is C44H49O7Si-. The van der Waals surface area contributed by atoms with Gasteiger partial charge in [-0.15, -0.1) is 0 Å². The van der Waals surface area contributed by atoms with Crippen molar-refractivity contribution >= 4 is 47.1 Å². The van der Waals surface area contributed by atoms with Crippen LogP contribution in [0.25, 0.3) is 26.0 Å². The van der Waals surface area contributed by atoms with Crippen molar-refractivity contribution in [2.24, 2.45) is 29.1 Å². The van der Waals surface area contributed by atoms with Crippen molar-refractivity contribution in [3.63, 3.8) is 0 Å². The Balaban J connectivity index is 1.01. The van der Waals surface area contributed by atoms with Gasteiger partial charge in [0, 0.05) is 17.4 Å². The van der Waals surface area contributed by atoms with Crippen LogP contribution < -0.4 is 4.74 Å². The molecule has 0 aliphatic heterocycles. The van der Waals surface area contributed by atoms with Crippen LogP contribution in [0.15, 0.2) is 66.7 Å². The fourth-order valence-corrected chi connectivity index (χ4v) is 15.3. The highest BCUT2D eigenvalue weighted by Crippen LogP contribution is 2.79. The standard InChI is InChI=1S/C44H49O7Si/c1-4-43(17-9-10-18-43)51-39(45)23-33(41(47)49-26-40(46)50-42(2)37-20-27-19-28-21-38(42)44(37,24-27)25-28)32-22-29(15-16-34(32)48-3)52-35-13-7-5-11-30(35)31-12-6-8-14-36(31)52/h5-8,11-16,22,27-28,33,37-38H,4,9-10,17-21,23-26H2,1-3H3/q-1. The molecule has 272 valence electrons. The molecule has 0 radical (unpaired) electrons. The van der Waals surface area contributed by atoms with Gasteiger partial charge < -0.3 is 18.9 Å². The molecule has 7 nitrogen and oxygen atoms in total. The van der Waals surface area contributed by atoms with E-state index in [4.69, 9.17) is 18.9 Å². The summed E-state index contributed by atoms with van der Waals surface area (Å²) < 4.78 is 24.1. The van der Waals surface area contributed by atoms with Gasteiger partial charge in [0.15, 0.2) is 6.61 Å². The van der Waals surface area contributed by atoms with E-state index in [9.17, 15) is 14.4 Å². The van der Waals surface area contributed by atoms with Crippen LogP contribution >= 0.6 is 0 Å². The number of carbonyl (C=O) groups excluding carboxylic acids is 3. The summed E-state index contributed by atoms with van der Waals surface area (Å²) in [6.45, 7) is 3.67. The Hall–Kier alpha value is -3.91. The van der Waals surface area contributed by atoms with Gasteiger partial charge in [0.2, 0.25) is 0 Å². The number of methoxy groups -OCH3 is 1. The van der Waals surface area contributed by atoms with Crippen LogP contribution in [0.1, 0.15) is 96.0 Å². The van der Waals surface area contributed by atoms with Crippen LogP contribution in [0.2, 0.25) is 0 Å². The maximum absolute atomic E-state index is 14.2. The quantitative estimate of drug-likeness (QED) is 0.0871. The smallest absolute Gasteiger partial charge is 0.344 e. The lowest BCUT2D eigenvalue weighted by Crippen LogP contribution is -2.65. The number of hydrogen-bond donors (Lipinski definition) is 0. The molecule has 3 bridgehead atoms. The molecule has 5 fully saturated rings. The lowest BCUT2D eigenvalue weighted by molar-refractivity contribution is -0.240. The highest BCUT2D eigenvalue weighted by atomic mass is 28.2. The number of hydrogen-bond acceptors (Lipinski definition) is 7. The normalized spacial score (nSPS) is 29.8. The molecule has 5 atom stereocenters. The van der Waals surface area contributed by atoms with E-state index in [1.807, 2.05) is 12.1 Å². The number of benzene rings is 3. The molecule has 1 heterocycles. The molecule has 3 aromatic carbocycles. The minimum absolute atomic E-state index is 0.210. The summed E-state index contributed by atoms with van der Waals surface area (Å²) in [5.41, 5.74) is -0.0812. The Morgan fingerprint density at radius 1 is 0.827 bits per heavy atom. The Labute approximate surface area is 307 Å². The van der Waals surface area contributed by atoms with Crippen molar-refractivity contribution in [1.82, 2.24) is 0 Å². The first-order valence-corrected chi connectivity index (χ1v) is 21.0. The van der Waals surface area contributed by atoms with E-state index >= 15 is 0 Å². The Bertz CT molecular complexity index is 2000. The topological polar surface area (TPSA) is 88.1 Å². The second-order valence-corrected chi connectivity index (χ2v) is 19.3. The first kappa shape index (κ1) is 33.9. The van der Waals surface area contributed by atoms with E-state index in [1.165, 1.54) is 40.0 Å². The van der Waals surface area contributed by atoms with Crippen LogP contribution in [0, 0.1) is 29.1 Å². The molecule has 8 heteroatoms. The molecule has 0 amide bonds. The number of ether oxygens (including phenoxy) is 4. The summed E-state index contributed by atoms with van der Waals surface area (Å²) in [4.78, 5) is 44.1. The number of esters is 3. The zero-order valence-electron chi connectivity index (χ0n) is 30.6. The molecule has 4 aromatic rings. The van der Waals surface area contributed by atoms with E-state index in [0.29, 0.717) is 28.6 Å². The summed E-state index contributed by atoms with van der Waals surface area (Å²) in [6.07, 6.45) is 10.3. The van der Waals surface area contributed by atoms with Gasteiger partial charge in [0.25, 0.3) is 0 Å². The van der Waals surface area contributed by atoms with Crippen molar-refractivity contribution in [3.05, 3.63) is 72.3 Å². The SMILES string of the molecule is CCC1(OC(=O)CC(C(=O)OCC(=O)OC2(C)C3CC4CC5CC2C3(C4)C5)c2cc(-[si-]3c4ccccc4c4ccccc43)ccc2OC)CCCC1. The molecule has 5 aliphatic carbocycles. The molecule has 9 rings (SSSR count). The molecule has 5 aliphatic rings. The fraction of sp³-hybridized carbons (Fsp3) is 0.523. The number of rotatable bonds is 11. The maximum Gasteiger partial charge on any atom is 0.344 e. The largest absolute Gasteiger partial charge is 0.496 e. The van der Waals surface area contributed by atoms with Gasteiger partial charge in [-0.2, -0.15) is 15.2 Å². The maximum atomic E-state index is 14.2. The minimum Gasteiger partial charge on any atom is -0.496 e. The number of fused-ring (bicyclic) bond motifs is 5. The van der Waals surface area contributed by atoms with Crippen molar-refractivity contribution in [3.8, 4) is 10.9 Å². The second kappa shape index (κ2) is 12.6. The predicted molar refractivity (Wildman–Crippen MR) is 201 cm³/mol. The molecule has 5 saturated carbocycles. The van der Waals surface area contributed by atoms with Gasteiger partial charge in [-0.25, -0.2) is 13.2 Å². The molecule has 0 saturated heterocycles. The average molecular weight is 718 g/mol. The molecular weight excluding hydrogens is 669 g/mol. The minimum atomic E-state index is -1.42. The molecule has 52 heavy (non-hydrogen) atoms. The van der Waals surface area contributed by atoms with Gasteiger partial charge in [0.1, 0.15) is 17.0 Å². The summed E-state index contributed by atoms with van der Waals surface area (Å²) in [6, 6.07) is 23.0. The fourth-order valence-electron chi connectivity index (χ4n) is 12.3. The Kier molecular flexibility index (Phi) is 8.21. The lowest BCUT2D eigenvalue weighted by atomic mass is 9.47. The third-order valence-electron chi connectivity index (χ3n) is 14.3. The van der Waals surface area contributed by atoms with Crippen molar-refractivity contribution in [2.75, 3.05) is 13.7 Å². The summed E-state index contributed by atoms with van der Waals surface area (Å²) in [5, 5.41) is 3.54. The van der Waals surface area contributed by atoms with Crippen LogP contribution in [0.3, 0.4) is 0 Å². The molecule has 5 unspecified atom stereocenters. The van der Waals surface area contributed by atoms with E-state index in [1.54, 1.807) is 7.11 Å². The molecule has 0 N–H and O–H groups in total. The highest BCUT2D eigenvalue weighted by Gasteiger charge is 2.77. The van der Waals surface area contributed by atoms with Gasteiger partial charge in [-0.05, 0) is 94.4 Å². The van der Waals surface area contributed by atoms with Crippen LogP contribution in [0.5, 0.6) is 5.75 Å². The highest BCUT2D eigenvalue weighted by molar-refractivity contribution is 6.87. The average Bonchev–Trinajstić information content (AvgIpc) is 3.88. The third-order valence-corrected chi connectivity index (χ3v) is 17.1. The van der Waals surface area contributed by atoms with Crippen molar-refractivity contribution in [1.29, 1.82) is 0 Å². The zero-order valence-corrected chi connectivity index (χ0v) is 31.6. The van der Waals surface area contributed by atoms with E-state index in [2.05, 4.69) is 68.4 Å². The third kappa shape index (κ3) is 5.21. The molecule has 1 spiro atoms. The van der Waals surface area contributed by atoms with E-state index < -0.39 is 50.0 Å². The predicted octanol–water partition coefficient (Wildman–Crippen LogP) is 8.78. The monoisotopic (exact) mass is 717 g/mol. The zero-order chi connectivity index (χ0) is 35.8. The van der Waals surface area contributed by atoms with Crippen LogP contribution in [0.4, 0.5) is 0 Å². The van der Waals surface area contributed by atoms with Gasteiger partial charge in [0.05, 0.1) is 19.4 Å².